The number of aryl methyl sites for hydroxylation is 1. The van der Waals surface area contributed by atoms with Crippen molar-refractivity contribution in [3.63, 3.8) is 0 Å². The van der Waals surface area contributed by atoms with Gasteiger partial charge in [-0.15, -0.1) is 0 Å². The molecule has 0 aromatic carbocycles. The number of furan rings is 1. The zero-order valence-corrected chi connectivity index (χ0v) is 12.3. The van der Waals surface area contributed by atoms with Crippen LogP contribution in [0, 0.1) is 12.8 Å². The average Bonchev–Trinajstić information content (AvgIpc) is 3.18. The number of amides is 1. The molecule has 1 aliphatic carbocycles. The van der Waals surface area contributed by atoms with Crippen LogP contribution in [0.15, 0.2) is 47.1 Å². The Morgan fingerprint density at radius 3 is 2.91 bits per heavy atom. The highest BCUT2D eigenvalue weighted by Gasteiger charge is 2.21. The van der Waals surface area contributed by atoms with Crippen molar-refractivity contribution in [1.29, 1.82) is 0 Å². The second kappa shape index (κ2) is 6.15. The molecule has 1 aliphatic rings. The minimum absolute atomic E-state index is 0.0335. The van der Waals surface area contributed by atoms with Crippen molar-refractivity contribution in [2.45, 2.75) is 19.4 Å². The van der Waals surface area contributed by atoms with Gasteiger partial charge in [0, 0.05) is 18.6 Å². The number of hydrogen-bond acceptors (Lipinski definition) is 4. The average molecular weight is 298 g/mol. The van der Waals surface area contributed by atoms with Crippen LogP contribution in [-0.4, -0.2) is 28.6 Å². The Hall–Kier alpha value is -2.40. The number of nitrogens with zero attached hydrogens (tertiary/aromatic N) is 1. The Bertz CT molecular complexity index is 692. The van der Waals surface area contributed by atoms with Crippen molar-refractivity contribution < 1.29 is 14.3 Å². The van der Waals surface area contributed by atoms with Crippen LogP contribution in [0.25, 0.3) is 11.5 Å². The highest BCUT2D eigenvalue weighted by Crippen LogP contribution is 2.20. The fraction of sp³-hybridized carbons (Fsp3) is 0.294. The first-order valence-electron chi connectivity index (χ1n) is 7.29. The third kappa shape index (κ3) is 2.94. The van der Waals surface area contributed by atoms with Crippen LogP contribution < -0.4 is 5.32 Å². The molecule has 114 valence electrons. The normalized spacial score (nSPS) is 20.3. The van der Waals surface area contributed by atoms with Crippen LogP contribution in [0.5, 0.6) is 0 Å². The van der Waals surface area contributed by atoms with Gasteiger partial charge in [-0.1, -0.05) is 12.2 Å². The molecule has 2 aromatic rings. The largest absolute Gasteiger partial charge is 0.463 e. The van der Waals surface area contributed by atoms with Crippen LogP contribution in [0.3, 0.4) is 0 Å². The number of nitrogens with one attached hydrogen (secondary N) is 1. The number of pyridine rings is 1. The minimum Gasteiger partial charge on any atom is -0.463 e. The van der Waals surface area contributed by atoms with Crippen LogP contribution in [0.1, 0.15) is 22.5 Å². The third-order valence-corrected chi connectivity index (χ3v) is 3.83. The van der Waals surface area contributed by atoms with Gasteiger partial charge < -0.3 is 14.8 Å². The lowest BCUT2D eigenvalue weighted by Gasteiger charge is -2.14. The molecule has 0 fully saturated rings. The quantitative estimate of drug-likeness (QED) is 0.849. The molecule has 22 heavy (non-hydrogen) atoms. The maximum absolute atomic E-state index is 12.3. The fourth-order valence-corrected chi connectivity index (χ4v) is 2.63. The van der Waals surface area contributed by atoms with Gasteiger partial charge in [0.15, 0.2) is 5.76 Å². The molecular formula is C17H18N2O3. The number of carbonyl (C=O) groups excluding carboxylic acids is 1. The summed E-state index contributed by atoms with van der Waals surface area (Å²) in [5, 5.41) is 12.1. The predicted octanol–water partition coefficient (Wildman–Crippen LogP) is 2.32. The molecule has 5 heteroatoms. The number of aromatic nitrogens is 1. The van der Waals surface area contributed by atoms with E-state index in [1.165, 1.54) is 0 Å². The smallest absolute Gasteiger partial charge is 0.253 e. The van der Waals surface area contributed by atoms with E-state index in [-0.39, 0.29) is 24.5 Å². The number of aliphatic hydroxyl groups is 1. The van der Waals surface area contributed by atoms with Crippen molar-refractivity contribution in [3.05, 3.63) is 53.9 Å². The molecule has 0 unspecified atom stereocenters. The number of hydrogen-bond donors (Lipinski definition) is 2. The van der Waals surface area contributed by atoms with Crippen molar-refractivity contribution >= 4 is 5.91 Å². The molecule has 2 atom stereocenters. The molecule has 2 aromatic heterocycles. The van der Waals surface area contributed by atoms with E-state index in [4.69, 9.17) is 9.52 Å². The van der Waals surface area contributed by atoms with Crippen LogP contribution in [-0.2, 0) is 0 Å². The monoisotopic (exact) mass is 298 g/mol. The van der Waals surface area contributed by atoms with Gasteiger partial charge in [0.2, 0.25) is 0 Å². The number of carbonyl (C=O) groups is 1. The molecule has 0 aliphatic heterocycles. The van der Waals surface area contributed by atoms with Gasteiger partial charge in [0.1, 0.15) is 5.69 Å². The van der Waals surface area contributed by atoms with Crippen molar-refractivity contribution in [2.24, 2.45) is 5.92 Å². The van der Waals surface area contributed by atoms with Gasteiger partial charge in [-0.3, -0.25) is 4.79 Å². The molecule has 1 amide bonds. The second-order valence-corrected chi connectivity index (χ2v) is 5.45. The molecule has 0 saturated carbocycles. The lowest BCUT2D eigenvalue weighted by atomic mass is 10.1. The third-order valence-electron chi connectivity index (χ3n) is 3.83. The highest BCUT2D eigenvalue weighted by molar-refractivity contribution is 5.95. The zero-order chi connectivity index (χ0) is 15.5. The maximum Gasteiger partial charge on any atom is 0.253 e. The first-order chi connectivity index (χ1) is 10.7. The zero-order valence-electron chi connectivity index (χ0n) is 12.3. The Morgan fingerprint density at radius 2 is 2.27 bits per heavy atom. The summed E-state index contributed by atoms with van der Waals surface area (Å²) in [6, 6.07) is 7.14. The summed E-state index contributed by atoms with van der Waals surface area (Å²) in [6.07, 6.45) is 6.20. The summed E-state index contributed by atoms with van der Waals surface area (Å²) in [5.41, 5.74) is 1.92. The highest BCUT2D eigenvalue weighted by atomic mass is 16.3. The molecule has 0 radical (unpaired) electrons. The summed E-state index contributed by atoms with van der Waals surface area (Å²) >= 11 is 0. The van der Waals surface area contributed by atoms with Gasteiger partial charge in [-0.05, 0) is 37.6 Å². The minimum atomic E-state index is -0.149. The Balaban J connectivity index is 1.72. The van der Waals surface area contributed by atoms with E-state index in [0.29, 0.717) is 22.7 Å². The molecule has 2 N–H and O–H groups in total. The van der Waals surface area contributed by atoms with Crippen molar-refractivity contribution in [3.8, 4) is 11.5 Å². The second-order valence-electron chi connectivity index (χ2n) is 5.45. The van der Waals surface area contributed by atoms with Gasteiger partial charge in [-0.25, -0.2) is 4.98 Å². The van der Waals surface area contributed by atoms with Gasteiger partial charge in [-0.2, -0.15) is 0 Å². The first-order valence-corrected chi connectivity index (χ1v) is 7.29. The van der Waals surface area contributed by atoms with Crippen molar-refractivity contribution in [1.82, 2.24) is 10.3 Å². The Labute approximate surface area is 128 Å². The summed E-state index contributed by atoms with van der Waals surface area (Å²) < 4.78 is 5.31. The van der Waals surface area contributed by atoms with E-state index >= 15 is 0 Å². The molecule has 5 nitrogen and oxygen atoms in total. The van der Waals surface area contributed by atoms with E-state index in [1.54, 1.807) is 24.5 Å². The summed E-state index contributed by atoms with van der Waals surface area (Å²) in [5.74, 6) is 0.662. The van der Waals surface area contributed by atoms with Gasteiger partial charge in [0.25, 0.3) is 5.91 Å². The molecule has 3 rings (SSSR count). The SMILES string of the molecule is Cc1nc(-c2ccco2)ccc1C(=O)N[C@@H]1C=C[C@H](CO)C1. The lowest BCUT2D eigenvalue weighted by Crippen LogP contribution is -2.33. The Kier molecular flexibility index (Phi) is 4.06. The van der Waals surface area contributed by atoms with E-state index in [0.717, 1.165) is 6.42 Å². The van der Waals surface area contributed by atoms with Gasteiger partial charge in [0.05, 0.1) is 17.5 Å². The molecular weight excluding hydrogens is 280 g/mol. The molecule has 0 bridgehead atoms. The molecule has 2 heterocycles. The summed E-state index contributed by atoms with van der Waals surface area (Å²) in [7, 11) is 0. The number of aliphatic hydroxyl groups excluding tert-OH is 1. The lowest BCUT2D eigenvalue weighted by molar-refractivity contribution is 0.0940. The van der Waals surface area contributed by atoms with Crippen LogP contribution in [0.2, 0.25) is 0 Å². The van der Waals surface area contributed by atoms with Gasteiger partial charge >= 0.3 is 0 Å². The topological polar surface area (TPSA) is 75.4 Å². The van der Waals surface area contributed by atoms with E-state index < -0.39 is 0 Å². The molecule has 0 spiro atoms. The summed E-state index contributed by atoms with van der Waals surface area (Å²) in [4.78, 5) is 16.8. The fourth-order valence-electron chi connectivity index (χ4n) is 2.63. The van der Waals surface area contributed by atoms with Crippen molar-refractivity contribution in [2.75, 3.05) is 6.61 Å². The predicted molar refractivity (Wildman–Crippen MR) is 82.3 cm³/mol. The Morgan fingerprint density at radius 1 is 1.41 bits per heavy atom. The van der Waals surface area contributed by atoms with Crippen LogP contribution >= 0.6 is 0 Å². The van der Waals surface area contributed by atoms with Crippen LogP contribution in [0.4, 0.5) is 0 Å². The number of rotatable bonds is 4. The van der Waals surface area contributed by atoms with E-state index in [1.807, 2.05) is 25.1 Å². The first kappa shape index (κ1) is 14.5. The summed E-state index contributed by atoms with van der Waals surface area (Å²) in [6.45, 7) is 1.92. The molecule has 0 saturated heterocycles. The maximum atomic E-state index is 12.3. The standard InChI is InChI=1S/C17H18N2O3/c1-11-14(6-7-15(18-11)16-3-2-8-22-16)17(21)19-13-5-4-12(9-13)10-20/h2-8,12-13,20H,9-10H2,1H3,(H,19,21)/t12-,13+/m0/s1. The van der Waals surface area contributed by atoms with E-state index in [9.17, 15) is 4.79 Å². The van der Waals surface area contributed by atoms with E-state index in [2.05, 4.69) is 10.3 Å².